The number of hydrogen-bond donors (Lipinski definition) is 1. The SMILES string of the molecule is CCCc1nc(Cl)cc(NCc2cccc(C)n2)n1. The van der Waals surface area contributed by atoms with Gasteiger partial charge in [-0.2, -0.15) is 0 Å². The van der Waals surface area contributed by atoms with Crippen molar-refractivity contribution in [3.63, 3.8) is 0 Å². The molecule has 0 aliphatic rings. The summed E-state index contributed by atoms with van der Waals surface area (Å²) in [6, 6.07) is 7.69. The molecule has 2 rings (SSSR count). The molecule has 100 valence electrons. The molecule has 0 atom stereocenters. The van der Waals surface area contributed by atoms with Crippen LogP contribution in [0.2, 0.25) is 5.15 Å². The molecule has 0 saturated heterocycles. The average Bonchev–Trinajstić information content (AvgIpc) is 2.36. The zero-order chi connectivity index (χ0) is 13.7. The summed E-state index contributed by atoms with van der Waals surface area (Å²) in [5.41, 5.74) is 1.98. The van der Waals surface area contributed by atoms with Crippen molar-refractivity contribution in [1.82, 2.24) is 15.0 Å². The van der Waals surface area contributed by atoms with Gasteiger partial charge in [-0.3, -0.25) is 4.98 Å². The maximum atomic E-state index is 5.99. The molecule has 19 heavy (non-hydrogen) atoms. The van der Waals surface area contributed by atoms with Crippen LogP contribution < -0.4 is 5.32 Å². The Hall–Kier alpha value is -1.68. The van der Waals surface area contributed by atoms with E-state index in [2.05, 4.69) is 27.2 Å². The van der Waals surface area contributed by atoms with Gasteiger partial charge in [-0.25, -0.2) is 9.97 Å². The predicted octanol–water partition coefficient (Wildman–Crippen LogP) is 3.40. The van der Waals surface area contributed by atoms with E-state index >= 15 is 0 Å². The molecular formula is C14H17ClN4. The molecule has 0 amide bonds. The molecule has 4 nitrogen and oxygen atoms in total. The first-order valence-corrected chi connectivity index (χ1v) is 6.75. The van der Waals surface area contributed by atoms with Crippen LogP contribution in [0.1, 0.15) is 30.6 Å². The minimum absolute atomic E-state index is 0.471. The smallest absolute Gasteiger partial charge is 0.134 e. The molecule has 0 radical (unpaired) electrons. The van der Waals surface area contributed by atoms with Crippen molar-refractivity contribution in [3.8, 4) is 0 Å². The third kappa shape index (κ3) is 4.17. The van der Waals surface area contributed by atoms with Gasteiger partial charge in [-0.15, -0.1) is 0 Å². The number of hydrogen-bond acceptors (Lipinski definition) is 4. The summed E-state index contributed by atoms with van der Waals surface area (Å²) in [6.07, 6.45) is 1.83. The molecule has 0 aromatic carbocycles. The number of nitrogens with one attached hydrogen (secondary N) is 1. The van der Waals surface area contributed by atoms with E-state index in [4.69, 9.17) is 11.6 Å². The molecule has 5 heteroatoms. The molecule has 0 saturated carbocycles. The van der Waals surface area contributed by atoms with Crippen molar-refractivity contribution in [2.24, 2.45) is 0 Å². The van der Waals surface area contributed by atoms with E-state index in [0.717, 1.165) is 35.9 Å². The lowest BCUT2D eigenvalue weighted by molar-refractivity contribution is 0.833. The minimum atomic E-state index is 0.471. The second-order valence-electron chi connectivity index (χ2n) is 4.37. The molecular weight excluding hydrogens is 260 g/mol. The number of nitrogens with zero attached hydrogens (tertiary/aromatic N) is 3. The summed E-state index contributed by atoms with van der Waals surface area (Å²) in [5.74, 6) is 1.52. The maximum Gasteiger partial charge on any atom is 0.134 e. The standard InChI is InChI=1S/C14H17ClN4/c1-3-5-13-18-12(15)8-14(19-13)16-9-11-7-4-6-10(2)17-11/h4,6-8H,3,5,9H2,1-2H3,(H,16,18,19). The van der Waals surface area contributed by atoms with E-state index in [-0.39, 0.29) is 0 Å². The molecule has 2 heterocycles. The lowest BCUT2D eigenvalue weighted by Gasteiger charge is -2.07. The Bertz CT molecular complexity index is 557. The molecule has 0 unspecified atom stereocenters. The third-order valence-corrected chi connectivity index (χ3v) is 2.81. The van der Waals surface area contributed by atoms with Gasteiger partial charge in [0.25, 0.3) is 0 Å². The molecule has 1 N–H and O–H groups in total. The fourth-order valence-electron chi connectivity index (χ4n) is 1.77. The van der Waals surface area contributed by atoms with Crippen molar-refractivity contribution in [2.75, 3.05) is 5.32 Å². The van der Waals surface area contributed by atoms with E-state index in [9.17, 15) is 0 Å². The molecule has 2 aromatic heterocycles. The Morgan fingerprint density at radius 1 is 1.21 bits per heavy atom. The van der Waals surface area contributed by atoms with Crippen LogP contribution in [0.25, 0.3) is 0 Å². The van der Waals surface area contributed by atoms with Crippen LogP contribution in [0.3, 0.4) is 0 Å². The van der Waals surface area contributed by atoms with Crippen molar-refractivity contribution in [3.05, 3.63) is 46.6 Å². The first-order chi connectivity index (χ1) is 9.17. The first kappa shape index (κ1) is 13.7. The number of aromatic nitrogens is 3. The van der Waals surface area contributed by atoms with Gasteiger partial charge >= 0.3 is 0 Å². The van der Waals surface area contributed by atoms with E-state index in [1.54, 1.807) is 6.07 Å². The van der Waals surface area contributed by atoms with Crippen molar-refractivity contribution >= 4 is 17.4 Å². The second kappa shape index (κ2) is 6.48. The largest absolute Gasteiger partial charge is 0.364 e. The van der Waals surface area contributed by atoms with Crippen LogP contribution in [-0.2, 0) is 13.0 Å². The van der Waals surface area contributed by atoms with Gasteiger partial charge < -0.3 is 5.32 Å². The van der Waals surface area contributed by atoms with Crippen LogP contribution >= 0.6 is 11.6 Å². The summed E-state index contributed by atoms with van der Waals surface area (Å²) in [4.78, 5) is 13.0. The quantitative estimate of drug-likeness (QED) is 0.851. The molecule has 0 aliphatic heterocycles. The summed E-state index contributed by atoms with van der Waals surface area (Å²) >= 11 is 5.99. The van der Waals surface area contributed by atoms with Crippen LogP contribution in [0.5, 0.6) is 0 Å². The van der Waals surface area contributed by atoms with Gasteiger partial charge in [0.05, 0.1) is 12.2 Å². The van der Waals surface area contributed by atoms with Gasteiger partial charge in [-0.05, 0) is 25.5 Å². The van der Waals surface area contributed by atoms with Gasteiger partial charge in [0.2, 0.25) is 0 Å². The highest BCUT2D eigenvalue weighted by Gasteiger charge is 2.03. The topological polar surface area (TPSA) is 50.7 Å². The Labute approximate surface area is 118 Å². The average molecular weight is 277 g/mol. The van der Waals surface area contributed by atoms with Crippen molar-refractivity contribution in [2.45, 2.75) is 33.2 Å². The van der Waals surface area contributed by atoms with Crippen LogP contribution in [0.15, 0.2) is 24.3 Å². The maximum absolute atomic E-state index is 5.99. The van der Waals surface area contributed by atoms with E-state index < -0.39 is 0 Å². The monoisotopic (exact) mass is 276 g/mol. The predicted molar refractivity (Wildman–Crippen MR) is 77.3 cm³/mol. The van der Waals surface area contributed by atoms with Crippen LogP contribution in [0.4, 0.5) is 5.82 Å². The Morgan fingerprint density at radius 2 is 2.05 bits per heavy atom. The van der Waals surface area contributed by atoms with Crippen molar-refractivity contribution < 1.29 is 0 Å². The lowest BCUT2D eigenvalue weighted by atomic mass is 10.3. The molecule has 0 fully saturated rings. The van der Waals surface area contributed by atoms with Gasteiger partial charge in [0.15, 0.2) is 0 Å². The molecule has 2 aromatic rings. The summed E-state index contributed by atoms with van der Waals surface area (Å²) in [5, 5.41) is 3.70. The first-order valence-electron chi connectivity index (χ1n) is 6.37. The highest BCUT2D eigenvalue weighted by atomic mass is 35.5. The van der Waals surface area contributed by atoms with E-state index in [1.807, 2.05) is 25.1 Å². The summed E-state index contributed by atoms with van der Waals surface area (Å²) in [7, 11) is 0. The van der Waals surface area contributed by atoms with Gasteiger partial charge in [-0.1, -0.05) is 24.6 Å². The number of pyridine rings is 1. The van der Waals surface area contributed by atoms with Crippen LogP contribution in [-0.4, -0.2) is 15.0 Å². The number of rotatable bonds is 5. The van der Waals surface area contributed by atoms with Crippen LogP contribution in [0, 0.1) is 6.92 Å². The molecule has 0 aliphatic carbocycles. The zero-order valence-corrected chi connectivity index (χ0v) is 11.9. The molecule has 0 spiro atoms. The van der Waals surface area contributed by atoms with Gasteiger partial charge in [0.1, 0.15) is 16.8 Å². The fourth-order valence-corrected chi connectivity index (χ4v) is 1.97. The van der Waals surface area contributed by atoms with Gasteiger partial charge in [0, 0.05) is 18.2 Å². The Kier molecular flexibility index (Phi) is 4.68. The zero-order valence-electron chi connectivity index (χ0n) is 11.2. The van der Waals surface area contributed by atoms with E-state index in [1.165, 1.54) is 0 Å². The highest BCUT2D eigenvalue weighted by Crippen LogP contribution is 2.13. The Balaban J connectivity index is 2.06. The summed E-state index contributed by atoms with van der Waals surface area (Å²) < 4.78 is 0. The summed E-state index contributed by atoms with van der Waals surface area (Å²) in [6.45, 7) is 4.69. The number of aryl methyl sites for hydroxylation is 2. The van der Waals surface area contributed by atoms with Crippen molar-refractivity contribution in [1.29, 1.82) is 0 Å². The second-order valence-corrected chi connectivity index (χ2v) is 4.75. The normalized spacial score (nSPS) is 10.5. The molecule has 0 bridgehead atoms. The number of halogens is 1. The number of anilines is 1. The fraction of sp³-hybridized carbons (Fsp3) is 0.357. The Morgan fingerprint density at radius 3 is 2.79 bits per heavy atom. The minimum Gasteiger partial charge on any atom is -0.364 e. The lowest BCUT2D eigenvalue weighted by Crippen LogP contribution is -2.06. The third-order valence-electron chi connectivity index (χ3n) is 2.61. The highest BCUT2D eigenvalue weighted by molar-refractivity contribution is 6.29. The van der Waals surface area contributed by atoms with E-state index in [0.29, 0.717) is 11.7 Å².